The highest BCUT2D eigenvalue weighted by Gasteiger charge is 2.19. The number of imidazole rings is 1. The van der Waals surface area contributed by atoms with E-state index < -0.39 is 0 Å². The summed E-state index contributed by atoms with van der Waals surface area (Å²) < 4.78 is 12.7. The van der Waals surface area contributed by atoms with Crippen molar-refractivity contribution in [2.75, 3.05) is 6.61 Å². The summed E-state index contributed by atoms with van der Waals surface area (Å²) >= 11 is 0. The lowest BCUT2D eigenvalue weighted by Gasteiger charge is -2.06. The quantitative estimate of drug-likeness (QED) is 0.690. The molecule has 3 rings (SSSR count). The van der Waals surface area contributed by atoms with Crippen molar-refractivity contribution in [2.24, 2.45) is 7.05 Å². The largest absolute Gasteiger partial charge is 0.465 e. The Kier molecular flexibility index (Phi) is 3.67. The molecule has 0 bridgehead atoms. The number of Topliss-reactive ketones (excluding diaryl/α,β-unsaturated/α-hetero) is 1. The number of hydrogen-bond donors (Lipinski definition) is 0. The first kappa shape index (κ1) is 15.3. The smallest absolute Gasteiger partial charge is 0.297 e. The Morgan fingerprint density at radius 1 is 1.35 bits per heavy atom. The van der Waals surface area contributed by atoms with Crippen molar-refractivity contribution in [1.82, 2.24) is 14.7 Å². The molecule has 3 aromatic rings. The monoisotopic (exact) mass is 313 g/mol. The molecule has 0 N–H and O–H groups in total. The van der Waals surface area contributed by atoms with Gasteiger partial charge in [0.25, 0.3) is 6.01 Å². The van der Waals surface area contributed by atoms with Gasteiger partial charge in [0.2, 0.25) is 0 Å². The zero-order valence-corrected chi connectivity index (χ0v) is 13.9. The molecule has 6 nitrogen and oxygen atoms in total. The third-order valence-corrected chi connectivity index (χ3v) is 3.92. The van der Waals surface area contributed by atoms with Crippen LogP contribution in [0.2, 0.25) is 0 Å². The number of carbonyl (C=O) groups is 1. The summed E-state index contributed by atoms with van der Waals surface area (Å²) in [4.78, 5) is 16.6. The highest BCUT2D eigenvalue weighted by Crippen LogP contribution is 2.33. The number of aryl methyl sites for hydroxylation is 3. The molecule has 0 saturated heterocycles. The summed E-state index contributed by atoms with van der Waals surface area (Å²) in [6.07, 6.45) is 0. The standard InChI is InChI=1S/C17H19N3O3/c1-6-22-17-18-16-13(10(3)21)7-12(8-14(16)20(17)5)15-9(2)19-23-11(15)4/h7-8H,6H2,1-5H3. The Labute approximate surface area is 134 Å². The molecule has 2 aromatic heterocycles. The number of benzene rings is 1. The average molecular weight is 313 g/mol. The first-order valence-corrected chi connectivity index (χ1v) is 7.51. The zero-order valence-electron chi connectivity index (χ0n) is 13.9. The fraction of sp³-hybridized carbons (Fsp3) is 0.353. The van der Waals surface area contributed by atoms with Crippen LogP contribution in [0, 0.1) is 13.8 Å². The van der Waals surface area contributed by atoms with E-state index in [0.717, 1.165) is 28.1 Å². The minimum Gasteiger partial charge on any atom is -0.465 e. The van der Waals surface area contributed by atoms with Crippen LogP contribution in [-0.4, -0.2) is 27.1 Å². The van der Waals surface area contributed by atoms with Gasteiger partial charge < -0.3 is 9.26 Å². The van der Waals surface area contributed by atoms with E-state index in [4.69, 9.17) is 9.26 Å². The molecule has 0 radical (unpaired) electrons. The third-order valence-electron chi connectivity index (χ3n) is 3.92. The fourth-order valence-electron chi connectivity index (χ4n) is 2.83. The number of ether oxygens (including phenoxy) is 1. The molecule has 0 aliphatic carbocycles. The van der Waals surface area contributed by atoms with E-state index in [1.54, 1.807) is 6.92 Å². The number of nitrogens with zero attached hydrogens (tertiary/aromatic N) is 3. The molecule has 0 aliphatic heterocycles. The molecule has 0 unspecified atom stereocenters. The normalized spacial score (nSPS) is 11.2. The van der Waals surface area contributed by atoms with E-state index in [1.165, 1.54) is 0 Å². The lowest BCUT2D eigenvalue weighted by atomic mass is 9.99. The molecule has 0 amide bonds. The van der Waals surface area contributed by atoms with Crippen molar-refractivity contribution in [3.63, 3.8) is 0 Å². The van der Waals surface area contributed by atoms with Crippen LogP contribution in [0.5, 0.6) is 6.01 Å². The molecule has 0 aliphatic rings. The molecule has 0 fully saturated rings. The molecular weight excluding hydrogens is 294 g/mol. The Balaban J connectivity index is 2.34. The van der Waals surface area contributed by atoms with Crippen molar-refractivity contribution in [3.05, 3.63) is 29.2 Å². The van der Waals surface area contributed by atoms with Crippen LogP contribution in [0.15, 0.2) is 16.7 Å². The molecule has 0 saturated carbocycles. The minimum absolute atomic E-state index is 0.0373. The molecule has 120 valence electrons. The second-order valence-corrected chi connectivity index (χ2v) is 5.53. The number of fused-ring (bicyclic) bond motifs is 1. The lowest BCUT2D eigenvalue weighted by molar-refractivity contribution is 0.101. The van der Waals surface area contributed by atoms with Crippen molar-refractivity contribution < 1.29 is 14.1 Å². The first-order valence-electron chi connectivity index (χ1n) is 7.51. The summed E-state index contributed by atoms with van der Waals surface area (Å²) in [5, 5.41) is 4.00. The van der Waals surface area contributed by atoms with Crippen molar-refractivity contribution in [3.8, 4) is 17.1 Å². The van der Waals surface area contributed by atoms with E-state index in [9.17, 15) is 4.79 Å². The highest BCUT2D eigenvalue weighted by molar-refractivity contribution is 6.07. The van der Waals surface area contributed by atoms with Gasteiger partial charge >= 0.3 is 0 Å². The van der Waals surface area contributed by atoms with E-state index in [2.05, 4.69) is 10.1 Å². The summed E-state index contributed by atoms with van der Waals surface area (Å²) in [6.45, 7) is 7.71. The van der Waals surface area contributed by atoms with E-state index in [0.29, 0.717) is 23.7 Å². The molecule has 2 heterocycles. The van der Waals surface area contributed by atoms with Gasteiger partial charge in [-0.15, -0.1) is 0 Å². The Hall–Kier alpha value is -2.63. The predicted octanol–water partition coefficient (Wildman–Crippen LogP) is 3.45. The van der Waals surface area contributed by atoms with Crippen LogP contribution in [0.3, 0.4) is 0 Å². The summed E-state index contributed by atoms with van der Waals surface area (Å²) in [5.41, 5.74) is 4.66. The summed E-state index contributed by atoms with van der Waals surface area (Å²) in [7, 11) is 1.88. The molecular formula is C17H19N3O3. The van der Waals surface area contributed by atoms with E-state index in [1.807, 2.05) is 44.5 Å². The van der Waals surface area contributed by atoms with Crippen LogP contribution < -0.4 is 4.74 Å². The SMILES string of the molecule is CCOc1nc2c(C(C)=O)cc(-c3c(C)noc3C)cc2n1C. The third kappa shape index (κ3) is 2.40. The zero-order chi connectivity index (χ0) is 16.7. The topological polar surface area (TPSA) is 70.2 Å². The van der Waals surface area contributed by atoms with Gasteiger partial charge in [0, 0.05) is 18.2 Å². The molecule has 0 atom stereocenters. The van der Waals surface area contributed by atoms with Crippen LogP contribution in [-0.2, 0) is 7.05 Å². The summed E-state index contributed by atoms with van der Waals surface area (Å²) in [6, 6.07) is 4.34. The molecule has 0 spiro atoms. The number of hydrogen-bond acceptors (Lipinski definition) is 5. The van der Waals surface area contributed by atoms with Crippen LogP contribution >= 0.6 is 0 Å². The Morgan fingerprint density at radius 3 is 2.65 bits per heavy atom. The van der Waals surface area contributed by atoms with Gasteiger partial charge in [0.05, 0.1) is 17.8 Å². The fourth-order valence-corrected chi connectivity index (χ4v) is 2.83. The van der Waals surface area contributed by atoms with Crippen LogP contribution in [0.4, 0.5) is 0 Å². The van der Waals surface area contributed by atoms with Gasteiger partial charge in [-0.2, -0.15) is 4.98 Å². The predicted molar refractivity (Wildman–Crippen MR) is 86.9 cm³/mol. The molecule has 6 heteroatoms. The lowest BCUT2D eigenvalue weighted by Crippen LogP contribution is -1.99. The minimum atomic E-state index is -0.0373. The average Bonchev–Trinajstić information content (AvgIpc) is 3.00. The highest BCUT2D eigenvalue weighted by atomic mass is 16.5. The van der Waals surface area contributed by atoms with Gasteiger partial charge in [0.15, 0.2) is 5.78 Å². The van der Waals surface area contributed by atoms with E-state index in [-0.39, 0.29) is 5.78 Å². The number of carbonyl (C=O) groups excluding carboxylic acids is 1. The van der Waals surface area contributed by atoms with Crippen LogP contribution in [0.25, 0.3) is 22.2 Å². The van der Waals surface area contributed by atoms with Gasteiger partial charge in [0.1, 0.15) is 11.3 Å². The number of aromatic nitrogens is 3. The van der Waals surface area contributed by atoms with Crippen molar-refractivity contribution in [1.29, 1.82) is 0 Å². The van der Waals surface area contributed by atoms with Gasteiger partial charge in [-0.25, -0.2) is 0 Å². The van der Waals surface area contributed by atoms with Crippen molar-refractivity contribution >= 4 is 16.8 Å². The maximum Gasteiger partial charge on any atom is 0.297 e. The van der Waals surface area contributed by atoms with Crippen molar-refractivity contribution in [2.45, 2.75) is 27.7 Å². The maximum absolute atomic E-state index is 12.1. The number of ketones is 1. The van der Waals surface area contributed by atoms with Gasteiger partial charge in [-0.1, -0.05) is 5.16 Å². The van der Waals surface area contributed by atoms with E-state index >= 15 is 0 Å². The second-order valence-electron chi connectivity index (χ2n) is 5.53. The molecule has 1 aromatic carbocycles. The Morgan fingerprint density at radius 2 is 2.09 bits per heavy atom. The van der Waals surface area contributed by atoms with Gasteiger partial charge in [-0.05, 0) is 45.4 Å². The summed E-state index contributed by atoms with van der Waals surface area (Å²) in [5.74, 6) is 0.688. The Bertz CT molecular complexity index is 886. The number of rotatable bonds is 4. The van der Waals surface area contributed by atoms with Crippen LogP contribution in [0.1, 0.15) is 35.7 Å². The maximum atomic E-state index is 12.1. The molecule has 23 heavy (non-hydrogen) atoms. The van der Waals surface area contributed by atoms with Gasteiger partial charge in [-0.3, -0.25) is 9.36 Å². The second kappa shape index (κ2) is 5.53. The first-order chi connectivity index (χ1) is 10.9.